The third kappa shape index (κ3) is 3.54. The first kappa shape index (κ1) is 18.3. The topological polar surface area (TPSA) is 72.1 Å². The van der Waals surface area contributed by atoms with Gasteiger partial charge in [-0.2, -0.15) is 0 Å². The highest BCUT2D eigenvalue weighted by atomic mass is 16.5. The largest absolute Gasteiger partial charge is 0.360 e. The molecule has 6 heteroatoms. The third-order valence-corrected chi connectivity index (χ3v) is 5.41. The summed E-state index contributed by atoms with van der Waals surface area (Å²) >= 11 is 0. The first-order valence-corrected chi connectivity index (χ1v) is 9.79. The second-order valence-corrected chi connectivity index (χ2v) is 7.17. The summed E-state index contributed by atoms with van der Waals surface area (Å²) in [6.07, 6.45) is 5.93. The lowest BCUT2D eigenvalue weighted by Crippen LogP contribution is -2.38. The highest BCUT2D eigenvalue weighted by molar-refractivity contribution is 5.94. The molecule has 0 aromatic carbocycles. The van der Waals surface area contributed by atoms with Crippen molar-refractivity contribution in [3.63, 3.8) is 0 Å². The van der Waals surface area contributed by atoms with E-state index < -0.39 is 0 Å². The van der Waals surface area contributed by atoms with Crippen LogP contribution in [0.25, 0.3) is 11.3 Å². The number of nitrogens with zero attached hydrogens (tertiary/aromatic N) is 4. The Morgan fingerprint density at radius 2 is 1.93 bits per heavy atom. The zero-order valence-electron chi connectivity index (χ0n) is 16.3. The van der Waals surface area contributed by atoms with Gasteiger partial charge in [0.25, 0.3) is 5.91 Å². The molecule has 3 aromatic heterocycles. The van der Waals surface area contributed by atoms with Crippen LogP contribution in [0.4, 0.5) is 0 Å². The number of rotatable bonds is 4. The molecule has 0 N–H and O–H groups in total. The van der Waals surface area contributed by atoms with Crippen molar-refractivity contribution >= 4 is 5.91 Å². The molecule has 3 aromatic rings. The summed E-state index contributed by atoms with van der Waals surface area (Å²) in [7, 11) is 0. The van der Waals surface area contributed by atoms with E-state index in [1.54, 1.807) is 24.5 Å². The number of aryl methyl sites for hydroxylation is 2. The van der Waals surface area contributed by atoms with E-state index in [0.717, 1.165) is 60.8 Å². The van der Waals surface area contributed by atoms with Crippen molar-refractivity contribution in [3.05, 3.63) is 65.4 Å². The number of carbonyl (C=O) groups excluding carboxylic acids is 1. The van der Waals surface area contributed by atoms with Gasteiger partial charge in [0, 0.05) is 49.1 Å². The number of likely N-dealkylation sites (tertiary alicyclic amines) is 1. The number of piperidine rings is 1. The average Bonchev–Trinajstić information content (AvgIpc) is 3.14. The fourth-order valence-corrected chi connectivity index (χ4v) is 3.86. The zero-order valence-corrected chi connectivity index (χ0v) is 16.3. The lowest BCUT2D eigenvalue weighted by Gasteiger charge is -2.32. The maximum absolute atomic E-state index is 12.6. The van der Waals surface area contributed by atoms with Gasteiger partial charge in [0.15, 0.2) is 0 Å². The molecule has 0 unspecified atom stereocenters. The van der Waals surface area contributed by atoms with Crippen molar-refractivity contribution in [2.24, 2.45) is 0 Å². The van der Waals surface area contributed by atoms with Gasteiger partial charge < -0.3 is 9.42 Å². The number of pyridine rings is 2. The molecule has 4 rings (SSSR count). The Bertz CT molecular complexity index is 960. The Kier molecular flexibility index (Phi) is 5.19. The van der Waals surface area contributed by atoms with E-state index in [0.29, 0.717) is 11.5 Å². The van der Waals surface area contributed by atoms with Crippen LogP contribution in [-0.2, 0) is 6.42 Å². The van der Waals surface area contributed by atoms with E-state index in [1.807, 2.05) is 17.9 Å². The Balaban J connectivity index is 1.48. The van der Waals surface area contributed by atoms with Crippen LogP contribution in [-0.4, -0.2) is 39.0 Å². The van der Waals surface area contributed by atoms with Crippen LogP contribution in [0.5, 0.6) is 0 Å². The van der Waals surface area contributed by atoms with Crippen LogP contribution in [0.2, 0.25) is 0 Å². The minimum absolute atomic E-state index is 0.0789. The van der Waals surface area contributed by atoms with Crippen LogP contribution in [0.15, 0.2) is 47.2 Å². The summed E-state index contributed by atoms with van der Waals surface area (Å²) < 4.78 is 5.43. The van der Waals surface area contributed by atoms with E-state index >= 15 is 0 Å². The van der Waals surface area contributed by atoms with Gasteiger partial charge in [-0.05, 0) is 44.0 Å². The van der Waals surface area contributed by atoms with E-state index in [1.165, 1.54) is 0 Å². The van der Waals surface area contributed by atoms with Crippen molar-refractivity contribution in [1.82, 2.24) is 20.0 Å². The molecule has 4 heterocycles. The van der Waals surface area contributed by atoms with Gasteiger partial charge in [-0.1, -0.05) is 18.1 Å². The molecule has 1 amide bonds. The smallest absolute Gasteiger partial charge is 0.253 e. The summed E-state index contributed by atoms with van der Waals surface area (Å²) in [5.41, 5.74) is 4.58. The summed E-state index contributed by atoms with van der Waals surface area (Å²) in [6.45, 7) is 5.49. The number of aromatic nitrogens is 3. The highest BCUT2D eigenvalue weighted by Gasteiger charge is 2.26. The predicted molar refractivity (Wildman–Crippen MR) is 106 cm³/mol. The number of hydrogen-bond donors (Lipinski definition) is 0. The Labute approximate surface area is 164 Å². The molecule has 1 fully saturated rings. The van der Waals surface area contributed by atoms with E-state index in [9.17, 15) is 4.79 Å². The van der Waals surface area contributed by atoms with Crippen molar-refractivity contribution in [3.8, 4) is 11.3 Å². The Morgan fingerprint density at radius 1 is 1.18 bits per heavy atom. The lowest BCUT2D eigenvalue weighted by atomic mass is 9.92. The molecule has 28 heavy (non-hydrogen) atoms. The van der Waals surface area contributed by atoms with Gasteiger partial charge in [-0.3, -0.25) is 14.8 Å². The SMILES string of the molecule is CCc1onc(C)c1-c1cccc(C2CCN(C(=O)c3ccncc3)CC2)n1. The van der Waals surface area contributed by atoms with Crippen LogP contribution in [0.1, 0.15) is 53.2 Å². The quantitative estimate of drug-likeness (QED) is 0.688. The van der Waals surface area contributed by atoms with Crippen LogP contribution >= 0.6 is 0 Å². The minimum Gasteiger partial charge on any atom is -0.360 e. The Morgan fingerprint density at radius 3 is 2.64 bits per heavy atom. The van der Waals surface area contributed by atoms with Gasteiger partial charge in [-0.15, -0.1) is 0 Å². The molecule has 1 aliphatic rings. The van der Waals surface area contributed by atoms with Crippen LogP contribution < -0.4 is 0 Å². The minimum atomic E-state index is 0.0789. The third-order valence-electron chi connectivity index (χ3n) is 5.41. The number of hydrogen-bond acceptors (Lipinski definition) is 5. The number of carbonyl (C=O) groups is 1. The summed E-state index contributed by atoms with van der Waals surface area (Å²) in [5, 5.41) is 4.10. The average molecular weight is 376 g/mol. The molecule has 0 aliphatic carbocycles. The maximum Gasteiger partial charge on any atom is 0.253 e. The van der Waals surface area contributed by atoms with Gasteiger partial charge in [0.1, 0.15) is 5.76 Å². The standard InChI is InChI=1S/C22H24N4O2/c1-3-20-21(15(2)25-28-20)19-6-4-5-18(24-19)16-9-13-26(14-10-16)22(27)17-7-11-23-12-8-17/h4-8,11-12,16H,3,9-10,13-14H2,1-2H3. The molecule has 6 nitrogen and oxygen atoms in total. The summed E-state index contributed by atoms with van der Waals surface area (Å²) in [6, 6.07) is 9.70. The summed E-state index contributed by atoms with van der Waals surface area (Å²) in [5.74, 6) is 1.31. The van der Waals surface area contributed by atoms with Gasteiger partial charge in [0.05, 0.1) is 17.0 Å². The first-order chi connectivity index (χ1) is 13.7. The lowest BCUT2D eigenvalue weighted by molar-refractivity contribution is 0.0712. The molecular weight excluding hydrogens is 352 g/mol. The van der Waals surface area contributed by atoms with E-state index in [2.05, 4.69) is 29.2 Å². The fraction of sp³-hybridized carbons (Fsp3) is 0.364. The molecule has 0 bridgehead atoms. The van der Waals surface area contributed by atoms with Crippen molar-refractivity contribution in [1.29, 1.82) is 0 Å². The summed E-state index contributed by atoms with van der Waals surface area (Å²) in [4.78, 5) is 23.5. The second kappa shape index (κ2) is 7.92. The van der Waals surface area contributed by atoms with E-state index in [-0.39, 0.29) is 5.91 Å². The molecule has 0 atom stereocenters. The van der Waals surface area contributed by atoms with Gasteiger partial charge in [0.2, 0.25) is 0 Å². The van der Waals surface area contributed by atoms with Crippen LogP contribution in [0, 0.1) is 6.92 Å². The number of amides is 1. The molecule has 144 valence electrons. The van der Waals surface area contributed by atoms with Gasteiger partial charge in [-0.25, -0.2) is 0 Å². The second-order valence-electron chi connectivity index (χ2n) is 7.17. The maximum atomic E-state index is 12.6. The van der Waals surface area contributed by atoms with Crippen molar-refractivity contribution in [2.45, 2.75) is 39.0 Å². The van der Waals surface area contributed by atoms with E-state index in [4.69, 9.17) is 9.51 Å². The normalized spacial score (nSPS) is 15.0. The van der Waals surface area contributed by atoms with Crippen LogP contribution in [0.3, 0.4) is 0 Å². The highest BCUT2D eigenvalue weighted by Crippen LogP contribution is 2.31. The molecule has 0 saturated carbocycles. The monoisotopic (exact) mass is 376 g/mol. The zero-order chi connectivity index (χ0) is 19.5. The molecular formula is C22H24N4O2. The van der Waals surface area contributed by atoms with Crippen molar-refractivity contribution in [2.75, 3.05) is 13.1 Å². The Hall–Kier alpha value is -3.02. The fourth-order valence-electron chi connectivity index (χ4n) is 3.86. The van der Waals surface area contributed by atoms with Gasteiger partial charge >= 0.3 is 0 Å². The molecule has 1 aliphatic heterocycles. The molecule has 0 radical (unpaired) electrons. The molecule has 1 saturated heterocycles. The molecule has 0 spiro atoms. The first-order valence-electron chi connectivity index (χ1n) is 9.79. The predicted octanol–water partition coefficient (Wildman–Crippen LogP) is 4.02. The van der Waals surface area contributed by atoms with Crippen molar-refractivity contribution < 1.29 is 9.32 Å².